The van der Waals surface area contributed by atoms with Crippen LogP contribution < -0.4 is 10.6 Å². The van der Waals surface area contributed by atoms with Gasteiger partial charge in [0.25, 0.3) is 0 Å². The topological polar surface area (TPSA) is 142 Å². The molecule has 0 radical (unpaired) electrons. The zero-order valence-electron chi connectivity index (χ0n) is 35.6. The number of carbonyl (C=O) groups excluding carboxylic acids is 3. The lowest BCUT2D eigenvalue weighted by atomic mass is 10.0. The molecule has 322 valence electrons. The molecular weight excluding hydrogens is 705 g/mol. The van der Waals surface area contributed by atoms with E-state index < -0.39 is 24.5 Å². The van der Waals surface area contributed by atoms with Gasteiger partial charge in [-0.3, -0.25) is 14.4 Å². The number of hydrogen-bond donors (Lipinski definition) is 4. The number of carboxylic acid groups (broad SMARTS) is 1. The summed E-state index contributed by atoms with van der Waals surface area (Å²) in [5.41, 5.74) is 0. The van der Waals surface area contributed by atoms with Crippen LogP contribution in [-0.4, -0.2) is 59.3 Å². The van der Waals surface area contributed by atoms with Gasteiger partial charge in [0.2, 0.25) is 11.8 Å². The lowest BCUT2D eigenvalue weighted by Gasteiger charge is -2.18. The summed E-state index contributed by atoms with van der Waals surface area (Å²) in [7, 11) is 0. The number of esters is 1. The second-order valence-electron chi connectivity index (χ2n) is 15.1. The van der Waals surface area contributed by atoms with Crippen molar-refractivity contribution in [2.75, 3.05) is 13.2 Å². The van der Waals surface area contributed by atoms with Crippen LogP contribution in [0.2, 0.25) is 0 Å². The molecule has 2 unspecified atom stereocenters. The van der Waals surface area contributed by atoms with Gasteiger partial charge in [0.05, 0.1) is 13.2 Å². The van der Waals surface area contributed by atoms with Crippen LogP contribution in [0, 0.1) is 0 Å². The van der Waals surface area contributed by atoms with Crippen molar-refractivity contribution in [3.05, 3.63) is 48.6 Å². The Bertz CT molecular complexity index is 1080. The molecule has 0 aliphatic carbocycles. The van der Waals surface area contributed by atoms with Crippen molar-refractivity contribution >= 4 is 23.8 Å². The van der Waals surface area contributed by atoms with Gasteiger partial charge in [-0.2, -0.15) is 0 Å². The molecule has 0 aromatic rings. The van der Waals surface area contributed by atoms with E-state index in [-0.39, 0.29) is 24.5 Å². The molecule has 2 amide bonds. The van der Waals surface area contributed by atoms with Crippen molar-refractivity contribution < 1.29 is 34.1 Å². The van der Waals surface area contributed by atoms with Gasteiger partial charge in [0.15, 0.2) is 0 Å². The number of allylic oxidation sites excluding steroid dienone is 8. The number of aliphatic hydroxyl groups is 1. The van der Waals surface area contributed by atoms with E-state index in [4.69, 9.17) is 14.9 Å². The molecule has 9 heteroatoms. The summed E-state index contributed by atoms with van der Waals surface area (Å²) in [6, 6.07) is -1.38. The lowest BCUT2D eigenvalue weighted by molar-refractivity contribution is -0.150. The van der Waals surface area contributed by atoms with Crippen molar-refractivity contribution in [1.82, 2.24) is 10.6 Å². The minimum Gasteiger partial charge on any atom is -0.480 e. The Hall–Kier alpha value is -3.20. The van der Waals surface area contributed by atoms with E-state index in [9.17, 15) is 19.2 Å². The summed E-state index contributed by atoms with van der Waals surface area (Å²) in [6.45, 7) is 3.35. The number of unbranched alkanes of at least 4 members (excludes halogenated alkanes) is 18. The summed E-state index contributed by atoms with van der Waals surface area (Å²) in [6.07, 6.45) is 48.6. The van der Waals surface area contributed by atoms with Crippen molar-refractivity contribution in [3.63, 3.8) is 0 Å². The predicted molar refractivity (Wildman–Crippen MR) is 231 cm³/mol. The van der Waals surface area contributed by atoms with Crippen molar-refractivity contribution in [2.24, 2.45) is 0 Å². The molecule has 0 aromatic carbocycles. The SMILES string of the molecule is CC/C=C\C/C=C\C/C=C\C/C=C\CCCCCCCCCCC(=O)OC(CCCCCCCCC)CCCCCCCC(=O)NCC(=O)NC(CO)C(=O)O. The Labute approximate surface area is 341 Å². The predicted octanol–water partition coefficient (Wildman–Crippen LogP) is 11.2. The first kappa shape index (κ1) is 52.8. The number of hydrogen-bond acceptors (Lipinski definition) is 6. The summed E-state index contributed by atoms with van der Waals surface area (Å²) >= 11 is 0. The molecule has 9 nitrogen and oxygen atoms in total. The third kappa shape index (κ3) is 37.7. The highest BCUT2D eigenvalue weighted by atomic mass is 16.5. The fourth-order valence-electron chi connectivity index (χ4n) is 6.41. The number of ether oxygens (including phenoxy) is 1. The van der Waals surface area contributed by atoms with Gasteiger partial charge in [-0.05, 0) is 77.0 Å². The molecule has 0 fully saturated rings. The van der Waals surface area contributed by atoms with Crippen LogP contribution in [0.5, 0.6) is 0 Å². The maximum absolute atomic E-state index is 12.8. The molecule has 0 spiro atoms. The standard InChI is InChI=1S/C47H82N2O7/c1-3-5-7-9-11-12-13-14-15-16-17-18-19-20-21-22-23-24-26-31-35-39-46(53)56-42(36-32-28-25-10-8-6-4-2)37-33-29-27-30-34-38-44(51)48-40-45(52)49-43(41-50)47(54)55/h5,7,11-12,14-15,17-18,42-43,50H,3-4,6,8-10,13,16,19-41H2,1-2H3,(H,48,51)(H,49,52)(H,54,55)/b7-5-,12-11-,15-14-,18-17-. The zero-order valence-corrected chi connectivity index (χ0v) is 35.6. The summed E-state index contributed by atoms with van der Waals surface area (Å²) in [5.74, 6) is -2.30. The van der Waals surface area contributed by atoms with Gasteiger partial charge >= 0.3 is 11.9 Å². The van der Waals surface area contributed by atoms with E-state index in [2.05, 4.69) is 73.1 Å². The largest absolute Gasteiger partial charge is 0.480 e. The molecule has 0 rings (SSSR count). The number of carbonyl (C=O) groups is 4. The molecule has 0 aromatic heterocycles. The molecule has 4 N–H and O–H groups in total. The summed E-state index contributed by atoms with van der Waals surface area (Å²) < 4.78 is 6.00. The molecule has 56 heavy (non-hydrogen) atoms. The monoisotopic (exact) mass is 787 g/mol. The highest BCUT2D eigenvalue weighted by Crippen LogP contribution is 2.19. The first-order chi connectivity index (χ1) is 27.3. The Morgan fingerprint density at radius 2 is 1.02 bits per heavy atom. The van der Waals surface area contributed by atoms with E-state index in [0.717, 1.165) is 89.9 Å². The highest BCUT2D eigenvalue weighted by molar-refractivity contribution is 5.87. The van der Waals surface area contributed by atoms with Crippen LogP contribution >= 0.6 is 0 Å². The van der Waals surface area contributed by atoms with Crippen LogP contribution in [0.1, 0.15) is 200 Å². The van der Waals surface area contributed by atoms with Crippen molar-refractivity contribution in [3.8, 4) is 0 Å². The maximum Gasteiger partial charge on any atom is 0.328 e. The van der Waals surface area contributed by atoms with Crippen molar-refractivity contribution in [2.45, 2.75) is 212 Å². The van der Waals surface area contributed by atoms with Gasteiger partial charge in [-0.1, -0.05) is 159 Å². The lowest BCUT2D eigenvalue weighted by Crippen LogP contribution is -2.47. The minimum atomic E-state index is -1.38. The van der Waals surface area contributed by atoms with Gasteiger partial charge in [-0.25, -0.2) is 4.79 Å². The molecule has 0 heterocycles. The molecule has 0 bridgehead atoms. The maximum atomic E-state index is 12.8. The van der Waals surface area contributed by atoms with E-state index >= 15 is 0 Å². The normalized spacial score (nSPS) is 12.9. The third-order valence-corrected chi connectivity index (χ3v) is 9.84. The van der Waals surface area contributed by atoms with Crippen molar-refractivity contribution in [1.29, 1.82) is 0 Å². The molecule has 0 saturated carbocycles. The number of aliphatic carboxylic acids is 1. The molecule has 0 saturated heterocycles. The fraction of sp³-hybridized carbons (Fsp3) is 0.745. The zero-order chi connectivity index (χ0) is 41.2. The Kier molecular flexibility index (Phi) is 39.1. The van der Waals surface area contributed by atoms with Gasteiger partial charge in [0, 0.05) is 12.8 Å². The first-order valence-corrected chi connectivity index (χ1v) is 22.5. The number of carboxylic acids is 1. The van der Waals surface area contributed by atoms with E-state index in [1.807, 2.05) is 0 Å². The minimum absolute atomic E-state index is 0.0155. The number of aliphatic hydroxyl groups excluding tert-OH is 1. The van der Waals surface area contributed by atoms with E-state index in [0.29, 0.717) is 19.3 Å². The molecule has 0 aliphatic heterocycles. The fourth-order valence-corrected chi connectivity index (χ4v) is 6.41. The van der Waals surface area contributed by atoms with E-state index in [1.54, 1.807) is 0 Å². The Balaban J connectivity index is 4.12. The quantitative estimate of drug-likeness (QED) is 0.0275. The highest BCUT2D eigenvalue weighted by Gasteiger charge is 2.19. The average Bonchev–Trinajstić information content (AvgIpc) is 3.18. The van der Waals surface area contributed by atoms with Crippen LogP contribution in [-0.2, 0) is 23.9 Å². The van der Waals surface area contributed by atoms with Crippen LogP contribution in [0.25, 0.3) is 0 Å². The van der Waals surface area contributed by atoms with E-state index in [1.165, 1.54) is 77.0 Å². The van der Waals surface area contributed by atoms with Gasteiger partial charge in [0.1, 0.15) is 12.1 Å². The first-order valence-electron chi connectivity index (χ1n) is 22.5. The van der Waals surface area contributed by atoms with Gasteiger partial charge < -0.3 is 25.6 Å². The Morgan fingerprint density at radius 3 is 1.54 bits per heavy atom. The third-order valence-electron chi connectivity index (χ3n) is 9.84. The second kappa shape index (κ2) is 41.4. The smallest absolute Gasteiger partial charge is 0.328 e. The van der Waals surface area contributed by atoms with Crippen LogP contribution in [0.15, 0.2) is 48.6 Å². The van der Waals surface area contributed by atoms with Crippen LogP contribution in [0.4, 0.5) is 0 Å². The molecule has 0 aliphatic rings. The van der Waals surface area contributed by atoms with Gasteiger partial charge in [-0.15, -0.1) is 0 Å². The van der Waals surface area contributed by atoms with Crippen LogP contribution in [0.3, 0.4) is 0 Å². The second-order valence-corrected chi connectivity index (χ2v) is 15.1. The molecule has 2 atom stereocenters. The molecular formula is C47H82N2O7. The average molecular weight is 787 g/mol. The summed E-state index contributed by atoms with van der Waals surface area (Å²) in [5, 5.41) is 22.5. The Morgan fingerprint density at radius 1 is 0.554 bits per heavy atom. The number of nitrogens with one attached hydrogen (secondary N) is 2. The number of rotatable bonds is 40. The number of amides is 2. The summed E-state index contributed by atoms with van der Waals surface area (Å²) in [4.78, 5) is 47.5.